The van der Waals surface area contributed by atoms with Crippen molar-refractivity contribution in [3.05, 3.63) is 54.2 Å². The summed E-state index contributed by atoms with van der Waals surface area (Å²) in [6.45, 7) is 3.46. The topological polar surface area (TPSA) is 74.2 Å². The number of pyridine rings is 1. The number of nitrogens with zero attached hydrogens (tertiary/aromatic N) is 5. The van der Waals surface area contributed by atoms with Gasteiger partial charge >= 0.3 is 6.03 Å². The Morgan fingerprint density at radius 2 is 2.04 bits per heavy atom. The van der Waals surface area contributed by atoms with Crippen molar-refractivity contribution in [3.8, 4) is 10.7 Å². The van der Waals surface area contributed by atoms with Gasteiger partial charge in [0.15, 0.2) is 5.01 Å². The maximum atomic E-state index is 13.1. The van der Waals surface area contributed by atoms with E-state index in [9.17, 15) is 4.79 Å². The second-order valence-electron chi connectivity index (χ2n) is 6.76. The summed E-state index contributed by atoms with van der Waals surface area (Å²) < 4.78 is 0. The molecule has 3 aromatic rings. The third kappa shape index (κ3) is 3.68. The van der Waals surface area contributed by atoms with Gasteiger partial charge in [-0.1, -0.05) is 42.5 Å². The van der Waals surface area contributed by atoms with Gasteiger partial charge in [0.05, 0.1) is 6.04 Å². The molecule has 28 heavy (non-hydrogen) atoms. The molecule has 0 saturated carbocycles. The molecule has 1 aliphatic heterocycles. The first kappa shape index (κ1) is 18.4. The van der Waals surface area contributed by atoms with E-state index in [0.29, 0.717) is 16.7 Å². The van der Waals surface area contributed by atoms with Crippen LogP contribution in [0.15, 0.2) is 48.7 Å². The van der Waals surface area contributed by atoms with Crippen molar-refractivity contribution in [1.29, 1.82) is 0 Å². The van der Waals surface area contributed by atoms with Crippen molar-refractivity contribution in [3.63, 3.8) is 0 Å². The number of rotatable bonds is 3. The molecule has 3 heterocycles. The van der Waals surface area contributed by atoms with Gasteiger partial charge in [-0.05, 0) is 30.2 Å². The molecule has 0 bridgehead atoms. The van der Waals surface area contributed by atoms with Gasteiger partial charge in [0.25, 0.3) is 0 Å². The molecule has 0 saturated heterocycles. The predicted molar refractivity (Wildman–Crippen MR) is 111 cm³/mol. The summed E-state index contributed by atoms with van der Waals surface area (Å²) in [6.07, 6.45) is 2.59. The molecule has 0 aliphatic carbocycles. The molecule has 2 amide bonds. The van der Waals surface area contributed by atoms with Crippen LogP contribution in [0.4, 0.5) is 15.6 Å². The van der Waals surface area contributed by atoms with Crippen molar-refractivity contribution in [2.24, 2.45) is 0 Å². The quantitative estimate of drug-likeness (QED) is 0.730. The van der Waals surface area contributed by atoms with Gasteiger partial charge in [0, 0.05) is 32.0 Å². The van der Waals surface area contributed by atoms with Gasteiger partial charge in [0.2, 0.25) is 5.13 Å². The Balaban J connectivity index is 1.54. The highest BCUT2D eigenvalue weighted by molar-refractivity contribution is 7.18. The van der Waals surface area contributed by atoms with Crippen molar-refractivity contribution < 1.29 is 4.79 Å². The number of hydrogen-bond acceptors (Lipinski definition) is 6. The Labute approximate surface area is 168 Å². The molecule has 2 aromatic heterocycles. The van der Waals surface area contributed by atoms with Gasteiger partial charge < -0.3 is 9.80 Å². The van der Waals surface area contributed by atoms with E-state index in [4.69, 9.17) is 0 Å². The number of benzene rings is 1. The lowest BCUT2D eigenvalue weighted by Crippen LogP contribution is -2.45. The minimum absolute atomic E-state index is 0.112. The molecule has 1 aromatic carbocycles. The molecule has 0 fully saturated rings. The number of anilines is 2. The fraction of sp³-hybridized carbons (Fsp3) is 0.300. The Bertz CT molecular complexity index is 960. The number of likely N-dealkylation sites (N-methyl/N-ethyl adjacent to an activating group) is 1. The minimum Gasteiger partial charge on any atom is -0.372 e. The SMILES string of the molecule is CC[C@@H]1CN(C)c2ccccc2CN1C(=O)Nc1nnc(-c2ccccn2)s1. The van der Waals surface area contributed by atoms with E-state index in [1.165, 1.54) is 17.0 Å². The van der Waals surface area contributed by atoms with Crippen LogP contribution in [-0.4, -0.2) is 45.7 Å². The van der Waals surface area contributed by atoms with Crippen LogP contribution in [-0.2, 0) is 6.54 Å². The Morgan fingerprint density at radius 1 is 1.21 bits per heavy atom. The molecule has 144 valence electrons. The predicted octanol–water partition coefficient (Wildman–Crippen LogP) is 3.86. The fourth-order valence-electron chi connectivity index (χ4n) is 3.46. The van der Waals surface area contributed by atoms with E-state index >= 15 is 0 Å². The molecular formula is C20H22N6OS. The van der Waals surface area contributed by atoms with E-state index in [0.717, 1.165) is 24.2 Å². The maximum Gasteiger partial charge on any atom is 0.324 e. The monoisotopic (exact) mass is 394 g/mol. The summed E-state index contributed by atoms with van der Waals surface area (Å²) in [4.78, 5) is 21.5. The van der Waals surface area contributed by atoms with Crippen LogP contribution in [0.25, 0.3) is 10.7 Å². The zero-order chi connectivity index (χ0) is 19.5. The largest absolute Gasteiger partial charge is 0.372 e. The van der Waals surface area contributed by atoms with Crippen molar-refractivity contribution in [2.75, 3.05) is 23.8 Å². The summed E-state index contributed by atoms with van der Waals surface area (Å²) in [5, 5.41) is 12.4. The number of para-hydroxylation sites is 1. The Hall–Kier alpha value is -3.00. The molecule has 1 atom stereocenters. The van der Waals surface area contributed by atoms with Gasteiger partial charge in [-0.15, -0.1) is 10.2 Å². The van der Waals surface area contributed by atoms with Gasteiger partial charge in [0.1, 0.15) is 5.69 Å². The van der Waals surface area contributed by atoms with Crippen molar-refractivity contribution in [1.82, 2.24) is 20.1 Å². The smallest absolute Gasteiger partial charge is 0.324 e. The molecule has 4 rings (SSSR count). The fourth-order valence-corrected chi connectivity index (χ4v) is 4.17. The molecule has 0 spiro atoms. The summed E-state index contributed by atoms with van der Waals surface area (Å²) in [5.41, 5.74) is 3.06. The lowest BCUT2D eigenvalue weighted by molar-refractivity contribution is 0.185. The first-order valence-corrected chi connectivity index (χ1v) is 10.1. The second-order valence-corrected chi connectivity index (χ2v) is 7.73. The number of carbonyl (C=O) groups is 1. The highest BCUT2D eigenvalue weighted by Gasteiger charge is 2.29. The van der Waals surface area contributed by atoms with Crippen LogP contribution < -0.4 is 10.2 Å². The molecular weight excluding hydrogens is 372 g/mol. The van der Waals surface area contributed by atoms with Crippen molar-refractivity contribution in [2.45, 2.75) is 25.9 Å². The number of hydrogen-bond donors (Lipinski definition) is 1. The lowest BCUT2D eigenvalue weighted by atomic mass is 10.1. The van der Waals surface area contributed by atoms with E-state index < -0.39 is 0 Å². The van der Waals surface area contributed by atoms with E-state index in [1.807, 2.05) is 35.2 Å². The average Bonchev–Trinajstić information content (AvgIpc) is 3.13. The molecule has 8 heteroatoms. The van der Waals surface area contributed by atoms with Gasteiger partial charge in [-0.3, -0.25) is 10.3 Å². The van der Waals surface area contributed by atoms with Gasteiger partial charge in [-0.2, -0.15) is 0 Å². The summed E-state index contributed by atoms with van der Waals surface area (Å²) in [5.74, 6) is 0. The van der Waals surface area contributed by atoms with Crippen LogP contribution in [0.3, 0.4) is 0 Å². The van der Waals surface area contributed by atoms with Crippen molar-refractivity contribution >= 4 is 28.2 Å². The maximum absolute atomic E-state index is 13.1. The minimum atomic E-state index is -0.152. The Kier molecular flexibility index (Phi) is 5.21. The number of fused-ring (bicyclic) bond motifs is 1. The number of urea groups is 1. The number of aromatic nitrogens is 3. The highest BCUT2D eigenvalue weighted by Crippen LogP contribution is 2.29. The molecule has 0 unspecified atom stereocenters. The summed E-state index contributed by atoms with van der Waals surface area (Å²) in [6, 6.07) is 13.8. The molecule has 1 N–H and O–H groups in total. The normalized spacial score (nSPS) is 16.4. The summed E-state index contributed by atoms with van der Waals surface area (Å²) >= 11 is 1.32. The van der Waals surface area contributed by atoms with Crippen LogP contribution in [0, 0.1) is 0 Å². The van der Waals surface area contributed by atoms with Crippen LogP contribution in [0.2, 0.25) is 0 Å². The van der Waals surface area contributed by atoms with Gasteiger partial charge in [-0.25, -0.2) is 4.79 Å². The van der Waals surface area contributed by atoms with E-state index in [2.05, 4.69) is 51.5 Å². The number of nitrogens with one attached hydrogen (secondary N) is 1. The number of carbonyl (C=O) groups excluding carboxylic acids is 1. The zero-order valence-electron chi connectivity index (χ0n) is 15.9. The Morgan fingerprint density at radius 3 is 2.82 bits per heavy atom. The molecule has 0 radical (unpaired) electrons. The van der Waals surface area contributed by atoms with E-state index in [1.54, 1.807) is 6.20 Å². The third-order valence-electron chi connectivity index (χ3n) is 4.92. The summed E-state index contributed by atoms with van der Waals surface area (Å²) in [7, 11) is 2.08. The number of amides is 2. The van der Waals surface area contributed by atoms with Crippen LogP contribution in [0.5, 0.6) is 0 Å². The van der Waals surface area contributed by atoms with Crippen LogP contribution >= 0.6 is 11.3 Å². The first-order chi connectivity index (χ1) is 13.7. The van der Waals surface area contributed by atoms with Crippen LogP contribution in [0.1, 0.15) is 18.9 Å². The second kappa shape index (κ2) is 7.93. The standard InChI is InChI=1S/C20H22N6OS/c1-3-15-13-25(2)17-10-5-4-8-14(17)12-26(15)20(27)22-19-24-23-18(28-19)16-9-6-7-11-21-16/h4-11,15H,3,12-13H2,1-2H3,(H,22,24,27)/t15-/m1/s1. The zero-order valence-corrected chi connectivity index (χ0v) is 16.7. The molecule has 1 aliphatic rings. The van der Waals surface area contributed by atoms with E-state index in [-0.39, 0.29) is 12.1 Å². The molecule has 7 nitrogen and oxygen atoms in total. The lowest BCUT2D eigenvalue weighted by Gasteiger charge is -2.30. The third-order valence-corrected chi connectivity index (χ3v) is 5.79. The highest BCUT2D eigenvalue weighted by atomic mass is 32.1. The first-order valence-electron chi connectivity index (χ1n) is 9.27. The average molecular weight is 395 g/mol.